The lowest BCUT2D eigenvalue weighted by molar-refractivity contribution is 0.586. The zero-order chi connectivity index (χ0) is 11.5. The highest BCUT2D eigenvalue weighted by molar-refractivity contribution is 9.10. The van der Waals surface area contributed by atoms with E-state index >= 15 is 0 Å². The lowest BCUT2D eigenvalue weighted by Gasteiger charge is -2.02. The van der Waals surface area contributed by atoms with E-state index in [1.165, 1.54) is 17.8 Å². The molecule has 0 unspecified atom stereocenters. The maximum absolute atomic E-state index is 13.5. The molecule has 1 aromatic heterocycles. The lowest BCUT2D eigenvalue weighted by Crippen LogP contribution is -1.86. The Morgan fingerprint density at radius 1 is 1.06 bits per heavy atom. The number of halogens is 3. The molecule has 0 N–H and O–H groups in total. The van der Waals surface area contributed by atoms with Crippen molar-refractivity contribution in [2.75, 3.05) is 0 Å². The Morgan fingerprint density at radius 2 is 1.75 bits per heavy atom. The van der Waals surface area contributed by atoms with Crippen LogP contribution < -0.4 is 0 Å². The summed E-state index contributed by atoms with van der Waals surface area (Å²) in [6.07, 6.45) is 1.59. The number of benzene rings is 1. The van der Waals surface area contributed by atoms with Gasteiger partial charge in [-0.1, -0.05) is 27.7 Å². The number of aromatic nitrogens is 1. The van der Waals surface area contributed by atoms with Crippen molar-refractivity contribution in [2.24, 2.45) is 0 Å². The van der Waals surface area contributed by atoms with Gasteiger partial charge >= 0.3 is 0 Å². The van der Waals surface area contributed by atoms with Gasteiger partial charge in [-0.15, -0.1) is 0 Å². The zero-order valence-corrected chi connectivity index (χ0v) is 11.9. The van der Waals surface area contributed by atoms with Crippen LogP contribution in [0.5, 0.6) is 0 Å². The predicted octanol–water partition coefficient (Wildman–Crippen LogP) is 4.90. The van der Waals surface area contributed by atoms with Gasteiger partial charge in [0.15, 0.2) is 5.82 Å². The van der Waals surface area contributed by atoms with Crippen LogP contribution in [0, 0.1) is 5.82 Å². The van der Waals surface area contributed by atoms with Gasteiger partial charge in [-0.05, 0) is 46.3 Å². The molecule has 0 saturated heterocycles. The van der Waals surface area contributed by atoms with Crippen LogP contribution in [0.15, 0.2) is 55.4 Å². The lowest BCUT2D eigenvalue weighted by atomic mass is 10.4. The van der Waals surface area contributed by atoms with Crippen molar-refractivity contribution in [1.29, 1.82) is 0 Å². The molecule has 0 aliphatic carbocycles. The summed E-state index contributed by atoms with van der Waals surface area (Å²) in [5.74, 6) is -0.317. The molecule has 1 aromatic carbocycles. The van der Waals surface area contributed by atoms with E-state index in [1.54, 1.807) is 6.20 Å². The second-order valence-corrected chi connectivity index (χ2v) is 5.89. The molecule has 0 fully saturated rings. The summed E-state index contributed by atoms with van der Waals surface area (Å²) in [6.45, 7) is 0. The van der Waals surface area contributed by atoms with Gasteiger partial charge in [-0.2, -0.15) is 0 Å². The van der Waals surface area contributed by atoms with Gasteiger partial charge in [0.2, 0.25) is 0 Å². The monoisotopic (exact) mass is 361 g/mol. The van der Waals surface area contributed by atoms with Gasteiger partial charge < -0.3 is 0 Å². The van der Waals surface area contributed by atoms with E-state index in [4.69, 9.17) is 0 Å². The smallest absolute Gasteiger partial charge is 0.156 e. The molecule has 1 heterocycles. The highest BCUT2D eigenvalue weighted by Gasteiger charge is 2.06. The Kier molecular flexibility index (Phi) is 4.00. The third-order valence-corrected chi connectivity index (χ3v) is 3.77. The van der Waals surface area contributed by atoms with Crippen LogP contribution in [0.25, 0.3) is 0 Å². The number of rotatable bonds is 2. The van der Waals surface area contributed by atoms with Crippen molar-refractivity contribution in [3.05, 3.63) is 51.3 Å². The van der Waals surface area contributed by atoms with E-state index in [0.29, 0.717) is 9.50 Å². The Hall–Kier alpha value is -0.390. The molecule has 1 nitrogen and oxygen atoms in total. The topological polar surface area (TPSA) is 12.9 Å². The number of pyridine rings is 1. The van der Waals surface area contributed by atoms with Crippen LogP contribution in [0.1, 0.15) is 0 Å². The Morgan fingerprint density at radius 3 is 2.38 bits per heavy atom. The van der Waals surface area contributed by atoms with Crippen LogP contribution in [0.2, 0.25) is 0 Å². The van der Waals surface area contributed by atoms with Crippen LogP contribution in [0.4, 0.5) is 4.39 Å². The van der Waals surface area contributed by atoms with Gasteiger partial charge in [-0.25, -0.2) is 9.37 Å². The number of hydrogen-bond acceptors (Lipinski definition) is 2. The van der Waals surface area contributed by atoms with Gasteiger partial charge in [0.1, 0.15) is 5.03 Å². The molecule has 0 aliphatic heterocycles. The first-order valence-corrected chi connectivity index (χ1v) is 6.80. The fourth-order valence-electron chi connectivity index (χ4n) is 1.09. The fourth-order valence-corrected chi connectivity index (χ4v) is 2.42. The minimum atomic E-state index is -0.317. The zero-order valence-electron chi connectivity index (χ0n) is 7.95. The fraction of sp³-hybridized carbons (Fsp3) is 0. The normalized spacial score (nSPS) is 10.4. The van der Waals surface area contributed by atoms with Crippen molar-refractivity contribution in [3.63, 3.8) is 0 Å². The third-order valence-electron chi connectivity index (χ3n) is 1.80. The van der Waals surface area contributed by atoms with E-state index in [-0.39, 0.29) is 5.82 Å². The quantitative estimate of drug-likeness (QED) is 0.753. The van der Waals surface area contributed by atoms with Crippen LogP contribution in [-0.4, -0.2) is 4.98 Å². The summed E-state index contributed by atoms with van der Waals surface area (Å²) in [5.41, 5.74) is 0. The molecule has 16 heavy (non-hydrogen) atoms. The SMILES string of the molecule is Fc1cc(Br)cnc1Sc1ccc(Br)cc1. The molecule has 5 heteroatoms. The molecular formula is C11H6Br2FNS. The summed E-state index contributed by atoms with van der Waals surface area (Å²) in [5, 5.41) is 0.380. The number of nitrogens with zero attached hydrogens (tertiary/aromatic N) is 1. The molecule has 82 valence electrons. The highest BCUT2D eigenvalue weighted by atomic mass is 79.9. The minimum absolute atomic E-state index is 0.317. The summed E-state index contributed by atoms with van der Waals surface area (Å²) in [7, 11) is 0. The number of hydrogen-bond donors (Lipinski definition) is 0. The van der Waals surface area contributed by atoms with Gasteiger partial charge in [0.05, 0.1) is 0 Å². The summed E-state index contributed by atoms with van der Waals surface area (Å²) >= 11 is 7.83. The molecule has 0 saturated carbocycles. The molecular weight excluding hydrogens is 357 g/mol. The second kappa shape index (κ2) is 5.29. The van der Waals surface area contributed by atoms with E-state index in [2.05, 4.69) is 36.8 Å². The van der Waals surface area contributed by atoms with E-state index in [9.17, 15) is 4.39 Å². The average Bonchev–Trinajstić information content (AvgIpc) is 2.25. The maximum atomic E-state index is 13.5. The summed E-state index contributed by atoms with van der Waals surface area (Å²) in [6, 6.07) is 9.07. The minimum Gasteiger partial charge on any atom is -0.245 e. The van der Waals surface area contributed by atoms with Crippen molar-refractivity contribution in [1.82, 2.24) is 4.98 Å². The van der Waals surface area contributed by atoms with E-state index in [0.717, 1.165) is 9.37 Å². The van der Waals surface area contributed by atoms with Crippen molar-refractivity contribution >= 4 is 43.6 Å². The standard InChI is InChI=1S/C11H6Br2FNS/c12-7-1-3-9(4-2-7)16-11-10(14)5-8(13)6-15-11/h1-6H. The van der Waals surface area contributed by atoms with Gasteiger partial charge in [0, 0.05) is 20.0 Å². The van der Waals surface area contributed by atoms with Crippen molar-refractivity contribution < 1.29 is 4.39 Å². The maximum Gasteiger partial charge on any atom is 0.156 e. The molecule has 0 radical (unpaired) electrons. The van der Waals surface area contributed by atoms with Gasteiger partial charge in [-0.3, -0.25) is 0 Å². The Labute approximate surface area is 114 Å². The third kappa shape index (κ3) is 3.06. The molecule has 2 aromatic rings. The van der Waals surface area contributed by atoms with Crippen molar-refractivity contribution in [2.45, 2.75) is 9.92 Å². The van der Waals surface area contributed by atoms with Crippen molar-refractivity contribution in [3.8, 4) is 0 Å². The summed E-state index contributed by atoms with van der Waals surface area (Å²) < 4.78 is 15.1. The van der Waals surface area contributed by atoms with Gasteiger partial charge in [0.25, 0.3) is 0 Å². The summed E-state index contributed by atoms with van der Waals surface area (Å²) in [4.78, 5) is 4.98. The Bertz CT molecular complexity index is 502. The molecule has 0 bridgehead atoms. The van der Waals surface area contributed by atoms with E-state index in [1.807, 2.05) is 24.3 Å². The Balaban J connectivity index is 2.23. The van der Waals surface area contributed by atoms with Crippen LogP contribution in [0.3, 0.4) is 0 Å². The second-order valence-electron chi connectivity index (χ2n) is 3.00. The molecule has 0 aliphatic rings. The predicted molar refractivity (Wildman–Crippen MR) is 70.2 cm³/mol. The average molecular weight is 363 g/mol. The molecule has 0 spiro atoms. The molecule has 0 atom stereocenters. The van der Waals surface area contributed by atoms with Crippen LogP contribution in [-0.2, 0) is 0 Å². The van der Waals surface area contributed by atoms with Crippen LogP contribution >= 0.6 is 43.6 Å². The molecule has 2 rings (SSSR count). The van der Waals surface area contributed by atoms with E-state index < -0.39 is 0 Å². The first kappa shape index (κ1) is 12.1. The largest absolute Gasteiger partial charge is 0.245 e. The highest BCUT2D eigenvalue weighted by Crippen LogP contribution is 2.29. The first-order valence-electron chi connectivity index (χ1n) is 4.39. The molecule has 0 amide bonds. The first-order chi connectivity index (χ1) is 7.65.